The maximum Gasteiger partial charge on any atom is 0.340 e. The first-order chi connectivity index (χ1) is 14.2. The lowest BCUT2D eigenvalue weighted by Gasteiger charge is -2.36. The fraction of sp³-hybridized carbons (Fsp3) is 0.450. The second kappa shape index (κ2) is 8.78. The van der Waals surface area contributed by atoms with Crippen LogP contribution >= 0.6 is 0 Å². The minimum atomic E-state index is -0.969. The Balaban J connectivity index is 1.74. The molecule has 0 unspecified atom stereocenters. The number of halogens is 2. The molecule has 0 saturated carbocycles. The molecule has 0 spiro atoms. The van der Waals surface area contributed by atoms with Gasteiger partial charge in [0.25, 0.3) is 0 Å². The number of hydrogen-bond acceptors (Lipinski definition) is 6. The average molecular weight is 422 g/mol. The Morgan fingerprint density at radius 3 is 2.30 bits per heavy atom. The van der Waals surface area contributed by atoms with Gasteiger partial charge in [0.2, 0.25) is 11.8 Å². The molecule has 0 bridgehead atoms. The van der Waals surface area contributed by atoms with E-state index in [0.29, 0.717) is 26.2 Å². The lowest BCUT2D eigenvalue weighted by molar-refractivity contribution is -0.140. The topological polar surface area (TPSA) is 82.2 Å². The number of ether oxygens (including phenoxy) is 1. The molecule has 10 heteroatoms. The first-order valence-electron chi connectivity index (χ1n) is 9.52. The third-order valence-electron chi connectivity index (χ3n) is 4.85. The Bertz CT molecular complexity index is 872. The maximum atomic E-state index is 14.8. The number of nitrogens with zero attached hydrogens (tertiary/aromatic N) is 3. The Kier molecular flexibility index (Phi) is 6.35. The smallest absolute Gasteiger partial charge is 0.340 e. The van der Waals surface area contributed by atoms with Crippen molar-refractivity contribution in [3.63, 3.8) is 0 Å². The van der Waals surface area contributed by atoms with Crippen molar-refractivity contribution in [1.82, 2.24) is 15.1 Å². The van der Waals surface area contributed by atoms with Crippen LogP contribution in [0, 0.1) is 11.6 Å². The summed E-state index contributed by atoms with van der Waals surface area (Å²) in [5, 5.41) is 2.40. The summed E-state index contributed by atoms with van der Waals surface area (Å²) >= 11 is 0. The quantitative estimate of drug-likeness (QED) is 0.699. The molecule has 1 aromatic carbocycles. The Labute approximate surface area is 173 Å². The highest BCUT2D eigenvalue weighted by atomic mass is 19.1. The standard InChI is InChI=1S/C20H24F2N4O4/c1-12(27)23-17-10-14(20(29)30-17)13-8-15(21)19(16(22)9-13)26-6-4-25(5-7-26)18(28)11-24(2)3/h8-10,17H,4-7,11H2,1-3H3,(H,23,27)/t17-/m1/s1. The predicted molar refractivity (Wildman–Crippen MR) is 105 cm³/mol. The predicted octanol–water partition coefficient (Wildman–Crippen LogP) is 0.577. The van der Waals surface area contributed by atoms with E-state index in [9.17, 15) is 23.2 Å². The molecule has 0 aliphatic carbocycles. The minimum Gasteiger partial charge on any atom is -0.434 e. The van der Waals surface area contributed by atoms with E-state index in [4.69, 9.17) is 4.74 Å². The Hall–Kier alpha value is -3.01. The molecule has 1 aromatic rings. The van der Waals surface area contributed by atoms with Gasteiger partial charge in [-0.3, -0.25) is 9.59 Å². The summed E-state index contributed by atoms with van der Waals surface area (Å²) in [4.78, 5) is 40.3. The highest BCUT2D eigenvalue weighted by Gasteiger charge is 2.30. The van der Waals surface area contributed by atoms with Gasteiger partial charge >= 0.3 is 5.97 Å². The van der Waals surface area contributed by atoms with E-state index in [1.54, 1.807) is 28.8 Å². The lowest BCUT2D eigenvalue weighted by Crippen LogP contribution is -2.51. The van der Waals surface area contributed by atoms with Crippen LogP contribution in [0.5, 0.6) is 0 Å². The minimum absolute atomic E-state index is 0.0165. The van der Waals surface area contributed by atoms with Crippen molar-refractivity contribution < 1.29 is 27.9 Å². The number of benzene rings is 1. The van der Waals surface area contributed by atoms with E-state index >= 15 is 0 Å². The van der Waals surface area contributed by atoms with E-state index in [2.05, 4.69) is 5.32 Å². The van der Waals surface area contributed by atoms with Gasteiger partial charge < -0.3 is 24.8 Å². The molecule has 3 rings (SSSR count). The number of likely N-dealkylation sites (N-methyl/N-ethyl adjacent to an activating group) is 1. The maximum absolute atomic E-state index is 14.8. The monoisotopic (exact) mass is 422 g/mol. The van der Waals surface area contributed by atoms with E-state index < -0.39 is 29.7 Å². The van der Waals surface area contributed by atoms with Gasteiger partial charge in [-0.1, -0.05) is 0 Å². The molecule has 8 nitrogen and oxygen atoms in total. The summed E-state index contributed by atoms with van der Waals surface area (Å²) in [6.07, 6.45) is 0.343. The first kappa shape index (κ1) is 21.7. The van der Waals surface area contributed by atoms with Gasteiger partial charge in [-0.2, -0.15) is 0 Å². The number of carbonyl (C=O) groups excluding carboxylic acids is 3. The van der Waals surface area contributed by atoms with Crippen molar-refractivity contribution in [2.75, 3.05) is 51.7 Å². The molecule has 0 aromatic heterocycles. The van der Waals surface area contributed by atoms with Crippen LogP contribution in [0.15, 0.2) is 18.2 Å². The Morgan fingerprint density at radius 2 is 1.77 bits per heavy atom. The molecular formula is C20H24F2N4O4. The summed E-state index contributed by atoms with van der Waals surface area (Å²) in [6.45, 7) is 2.86. The fourth-order valence-electron chi connectivity index (χ4n) is 3.49. The Morgan fingerprint density at radius 1 is 1.17 bits per heavy atom. The number of piperazine rings is 1. The van der Waals surface area contributed by atoms with Crippen molar-refractivity contribution >= 4 is 29.0 Å². The number of rotatable bonds is 5. The summed E-state index contributed by atoms with van der Waals surface area (Å²) < 4.78 is 34.6. The van der Waals surface area contributed by atoms with Crippen LogP contribution in [0.25, 0.3) is 5.57 Å². The number of carbonyl (C=O) groups is 3. The number of hydrogen-bond donors (Lipinski definition) is 1. The number of nitrogens with one attached hydrogen (secondary N) is 1. The summed E-state index contributed by atoms with van der Waals surface area (Å²) in [7, 11) is 3.60. The normalized spacial score (nSPS) is 19.1. The zero-order chi connectivity index (χ0) is 22.0. The van der Waals surface area contributed by atoms with Crippen molar-refractivity contribution in [1.29, 1.82) is 0 Å². The third-order valence-corrected chi connectivity index (χ3v) is 4.85. The van der Waals surface area contributed by atoms with E-state index in [1.165, 1.54) is 13.0 Å². The van der Waals surface area contributed by atoms with Crippen molar-refractivity contribution in [3.05, 3.63) is 35.4 Å². The number of cyclic esters (lactones) is 1. The largest absolute Gasteiger partial charge is 0.434 e. The molecule has 1 saturated heterocycles. The second-order valence-electron chi connectivity index (χ2n) is 7.50. The molecule has 2 amide bonds. The lowest BCUT2D eigenvalue weighted by atomic mass is 10.0. The van der Waals surface area contributed by atoms with Crippen LogP contribution < -0.4 is 10.2 Å². The molecule has 2 heterocycles. The van der Waals surface area contributed by atoms with Crippen LogP contribution in [0.2, 0.25) is 0 Å². The average Bonchev–Trinajstić information content (AvgIpc) is 3.00. The highest BCUT2D eigenvalue weighted by Crippen LogP contribution is 2.31. The number of amides is 2. The molecule has 0 radical (unpaired) electrons. The van der Waals surface area contributed by atoms with Crippen LogP contribution in [0.1, 0.15) is 12.5 Å². The van der Waals surface area contributed by atoms with Crippen LogP contribution in [0.3, 0.4) is 0 Å². The van der Waals surface area contributed by atoms with E-state index in [-0.39, 0.29) is 29.3 Å². The summed E-state index contributed by atoms with van der Waals surface area (Å²) in [5.41, 5.74) is -0.174. The summed E-state index contributed by atoms with van der Waals surface area (Å²) in [5.74, 6) is -2.82. The fourth-order valence-corrected chi connectivity index (χ4v) is 3.49. The first-order valence-corrected chi connectivity index (χ1v) is 9.52. The number of esters is 1. The zero-order valence-electron chi connectivity index (χ0n) is 17.1. The van der Waals surface area contributed by atoms with Gasteiger partial charge in [0.1, 0.15) is 17.3 Å². The van der Waals surface area contributed by atoms with Gasteiger partial charge in [0.15, 0.2) is 6.23 Å². The molecular weight excluding hydrogens is 398 g/mol. The third kappa shape index (κ3) is 4.76. The van der Waals surface area contributed by atoms with Crippen LogP contribution in [0.4, 0.5) is 14.5 Å². The second-order valence-corrected chi connectivity index (χ2v) is 7.50. The van der Waals surface area contributed by atoms with E-state index in [1.807, 2.05) is 0 Å². The van der Waals surface area contributed by atoms with Crippen molar-refractivity contribution in [3.8, 4) is 0 Å². The molecule has 2 aliphatic heterocycles. The van der Waals surface area contributed by atoms with Gasteiger partial charge in [0, 0.05) is 33.1 Å². The van der Waals surface area contributed by atoms with Gasteiger partial charge in [-0.05, 0) is 37.9 Å². The molecule has 30 heavy (non-hydrogen) atoms. The van der Waals surface area contributed by atoms with Gasteiger partial charge in [-0.15, -0.1) is 0 Å². The van der Waals surface area contributed by atoms with Crippen LogP contribution in [-0.2, 0) is 19.1 Å². The molecule has 1 N–H and O–H groups in total. The highest BCUT2D eigenvalue weighted by molar-refractivity contribution is 6.18. The number of anilines is 1. The van der Waals surface area contributed by atoms with Gasteiger partial charge in [0.05, 0.1) is 12.1 Å². The molecule has 1 atom stereocenters. The SMILES string of the molecule is CC(=O)N[C@H]1C=C(c2cc(F)c(N3CCN(C(=O)CN(C)C)CC3)c(F)c2)C(=O)O1. The molecule has 162 valence electrons. The zero-order valence-corrected chi connectivity index (χ0v) is 17.1. The summed E-state index contributed by atoms with van der Waals surface area (Å²) in [6, 6.07) is 2.15. The van der Waals surface area contributed by atoms with Crippen LogP contribution in [-0.4, -0.2) is 80.6 Å². The molecule has 1 fully saturated rings. The van der Waals surface area contributed by atoms with E-state index in [0.717, 1.165) is 12.1 Å². The molecule has 2 aliphatic rings. The van der Waals surface area contributed by atoms with Crippen molar-refractivity contribution in [2.24, 2.45) is 0 Å². The van der Waals surface area contributed by atoms with Crippen molar-refractivity contribution in [2.45, 2.75) is 13.2 Å². The van der Waals surface area contributed by atoms with Gasteiger partial charge in [-0.25, -0.2) is 13.6 Å².